The number of carbonyl (C=O) groups is 1. The molecule has 0 fully saturated rings. The maximum absolute atomic E-state index is 11.8. The molecule has 0 aromatic carbocycles. The zero-order valence-corrected chi connectivity index (χ0v) is 10.0. The lowest BCUT2D eigenvalue weighted by Crippen LogP contribution is -1.97. The molecule has 0 unspecified atom stereocenters. The Kier molecular flexibility index (Phi) is 3.06. The van der Waals surface area contributed by atoms with E-state index in [0.717, 1.165) is 22.0 Å². The molecular formula is C13H12O2S. The first-order valence-corrected chi connectivity index (χ1v) is 5.87. The monoisotopic (exact) mass is 232 g/mol. The average Bonchev–Trinajstić information content (AvgIpc) is 2.68. The lowest BCUT2D eigenvalue weighted by Gasteiger charge is -2.11. The van der Waals surface area contributed by atoms with Crippen molar-refractivity contribution in [3.05, 3.63) is 57.7 Å². The van der Waals surface area contributed by atoms with Gasteiger partial charge in [0.1, 0.15) is 11.5 Å². The standard InChI is InChI=1S/C13H12O2S/c1-9-6-11(7-10(2)15-9)8-12(14)13-4-3-5-16-13/h3-8H,1-2H3. The van der Waals surface area contributed by atoms with Gasteiger partial charge in [-0.2, -0.15) is 0 Å². The van der Waals surface area contributed by atoms with Gasteiger partial charge in [0.2, 0.25) is 0 Å². The highest BCUT2D eigenvalue weighted by Crippen LogP contribution is 2.19. The fourth-order valence-electron chi connectivity index (χ4n) is 1.55. The summed E-state index contributed by atoms with van der Waals surface area (Å²) in [5, 5.41) is 1.90. The minimum absolute atomic E-state index is 0.0417. The summed E-state index contributed by atoms with van der Waals surface area (Å²) in [5.74, 6) is 1.66. The molecule has 0 radical (unpaired) electrons. The molecule has 2 nitrogen and oxygen atoms in total. The van der Waals surface area contributed by atoms with E-state index in [9.17, 15) is 4.79 Å². The summed E-state index contributed by atoms with van der Waals surface area (Å²) in [4.78, 5) is 12.6. The largest absolute Gasteiger partial charge is 0.467 e. The van der Waals surface area contributed by atoms with E-state index in [1.807, 2.05) is 43.5 Å². The van der Waals surface area contributed by atoms with E-state index in [2.05, 4.69) is 0 Å². The van der Waals surface area contributed by atoms with E-state index in [1.54, 1.807) is 6.08 Å². The van der Waals surface area contributed by atoms with Crippen molar-refractivity contribution < 1.29 is 9.53 Å². The highest BCUT2D eigenvalue weighted by molar-refractivity contribution is 7.12. The third-order valence-corrected chi connectivity index (χ3v) is 3.01. The van der Waals surface area contributed by atoms with Crippen LogP contribution in [0.15, 0.2) is 52.8 Å². The van der Waals surface area contributed by atoms with Gasteiger partial charge < -0.3 is 4.74 Å². The number of ketones is 1. The highest BCUT2D eigenvalue weighted by atomic mass is 32.1. The Morgan fingerprint density at radius 2 is 2.00 bits per heavy atom. The Morgan fingerprint density at radius 3 is 2.56 bits per heavy atom. The fourth-order valence-corrected chi connectivity index (χ4v) is 2.18. The molecule has 1 aromatic heterocycles. The van der Waals surface area contributed by atoms with Crippen molar-refractivity contribution in [2.24, 2.45) is 0 Å². The SMILES string of the molecule is CC1=CC(=CC(=O)c2cccs2)C=C(C)O1. The zero-order valence-electron chi connectivity index (χ0n) is 9.19. The van der Waals surface area contributed by atoms with Gasteiger partial charge in [-0.05, 0) is 49.1 Å². The lowest BCUT2D eigenvalue weighted by atomic mass is 10.1. The minimum atomic E-state index is 0.0417. The summed E-state index contributed by atoms with van der Waals surface area (Å²) in [6, 6.07) is 3.71. The molecule has 0 amide bonds. The molecule has 3 heteroatoms. The van der Waals surface area contributed by atoms with Crippen LogP contribution in [0.3, 0.4) is 0 Å². The smallest absolute Gasteiger partial charge is 0.196 e. The summed E-state index contributed by atoms with van der Waals surface area (Å²) in [6.07, 6.45) is 5.36. The normalized spacial score (nSPS) is 15.0. The van der Waals surface area contributed by atoms with Crippen molar-refractivity contribution in [1.29, 1.82) is 0 Å². The Hall–Kier alpha value is -1.61. The zero-order chi connectivity index (χ0) is 11.5. The van der Waals surface area contributed by atoms with Crippen LogP contribution in [0.25, 0.3) is 0 Å². The predicted molar refractivity (Wildman–Crippen MR) is 65.3 cm³/mol. The molecule has 0 saturated carbocycles. The van der Waals surface area contributed by atoms with E-state index in [4.69, 9.17) is 4.74 Å². The van der Waals surface area contributed by atoms with Crippen LogP contribution in [0.4, 0.5) is 0 Å². The third kappa shape index (κ3) is 2.49. The number of ether oxygens (including phenoxy) is 1. The highest BCUT2D eigenvalue weighted by Gasteiger charge is 2.07. The molecule has 2 heterocycles. The van der Waals surface area contributed by atoms with Gasteiger partial charge in [0.05, 0.1) is 4.88 Å². The predicted octanol–water partition coefficient (Wildman–Crippen LogP) is 3.70. The second-order valence-electron chi connectivity index (χ2n) is 3.60. The van der Waals surface area contributed by atoms with Crippen LogP contribution in [0.1, 0.15) is 23.5 Å². The van der Waals surface area contributed by atoms with E-state index in [-0.39, 0.29) is 5.78 Å². The van der Waals surface area contributed by atoms with Crippen LogP contribution >= 0.6 is 11.3 Å². The van der Waals surface area contributed by atoms with Crippen LogP contribution in [-0.2, 0) is 4.74 Å². The van der Waals surface area contributed by atoms with E-state index < -0.39 is 0 Å². The number of hydrogen-bond acceptors (Lipinski definition) is 3. The van der Waals surface area contributed by atoms with E-state index in [1.165, 1.54) is 11.3 Å². The molecule has 0 saturated heterocycles. The van der Waals surface area contributed by atoms with Crippen molar-refractivity contribution >= 4 is 17.1 Å². The Balaban J connectivity index is 2.25. The number of hydrogen-bond donors (Lipinski definition) is 0. The van der Waals surface area contributed by atoms with E-state index >= 15 is 0 Å². The molecule has 1 aromatic rings. The average molecular weight is 232 g/mol. The molecule has 0 atom stereocenters. The van der Waals surface area contributed by atoms with Gasteiger partial charge in [0.15, 0.2) is 5.78 Å². The maximum Gasteiger partial charge on any atom is 0.196 e. The van der Waals surface area contributed by atoms with Gasteiger partial charge in [-0.3, -0.25) is 4.79 Å². The maximum atomic E-state index is 11.8. The van der Waals surface area contributed by atoms with Gasteiger partial charge in [0, 0.05) is 0 Å². The first kappa shape index (κ1) is 10.9. The molecule has 0 aliphatic carbocycles. The third-order valence-electron chi connectivity index (χ3n) is 2.12. The van der Waals surface area contributed by atoms with E-state index in [0.29, 0.717) is 0 Å². The van der Waals surface area contributed by atoms with Crippen molar-refractivity contribution in [3.8, 4) is 0 Å². The summed E-state index contributed by atoms with van der Waals surface area (Å²) in [5.41, 5.74) is 0.889. The number of rotatable bonds is 2. The van der Waals surface area contributed by atoms with Crippen LogP contribution in [-0.4, -0.2) is 5.78 Å². The molecule has 82 valence electrons. The van der Waals surface area contributed by atoms with Gasteiger partial charge in [0.25, 0.3) is 0 Å². The van der Waals surface area contributed by atoms with Crippen molar-refractivity contribution in [2.75, 3.05) is 0 Å². The van der Waals surface area contributed by atoms with Gasteiger partial charge in [-0.25, -0.2) is 0 Å². The Morgan fingerprint density at radius 1 is 1.31 bits per heavy atom. The summed E-state index contributed by atoms with van der Waals surface area (Å²) in [6.45, 7) is 3.75. The van der Waals surface area contributed by atoms with Crippen molar-refractivity contribution in [3.63, 3.8) is 0 Å². The Bertz CT molecular complexity index is 470. The van der Waals surface area contributed by atoms with Crippen LogP contribution in [0, 0.1) is 0 Å². The molecule has 0 spiro atoms. The molecular weight excluding hydrogens is 220 g/mol. The number of thiophene rings is 1. The van der Waals surface area contributed by atoms with Gasteiger partial charge >= 0.3 is 0 Å². The number of carbonyl (C=O) groups excluding carboxylic acids is 1. The summed E-state index contributed by atoms with van der Waals surface area (Å²) in [7, 11) is 0. The topological polar surface area (TPSA) is 26.3 Å². The molecule has 2 rings (SSSR count). The Labute approximate surface area is 98.6 Å². The van der Waals surface area contributed by atoms with Gasteiger partial charge in [-0.15, -0.1) is 11.3 Å². The molecule has 16 heavy (non-hydrogen) atoms. The molecule has 1 aliphatic heterocycles. The first-order chi connectivity index (χ1) is 7.65. The summed E-state index contributed by atoms with van der Waals surface area (Å²) >= 11 is 1.45. The quantitative estimate of drug-likeness (QED) is 0.574. The summed E-state index contributed by atoms with van der Waals surface area (Å²) < 4.78 is 5.36. The minimum Gasteiger partial charge on any atom is -0.467 e. The molecule has 1 aliphatic rings. The fraction of sp³-hybridized carbons (Fsp3) is 0.154. The second-order valence-corrected chi connectivity index (χ2v) is 4.55. The van der Waals surface area contributed by atoms with Crippen LogP contribution in [0.2, 0.25) is 0 Å². The molecule has 0 N–H and O–H groups in total. The number of allylic oxidation sites excluding steroid dienone is 6. The molecule has 0 bridgehead atoms. The van der Waals surface area contributed by atoms with Crippen LogP contribution in [0.5, 0.6) is 0 Å². The van der Waals surface area contributed by atoms with Crippen molar-refractivity contribution in [2.45, 2.75) is 13.8 Å². The first-order valence-electron chi connectivity index (χ1n) is 4.99. The van der Waals surface area contributed by atoms with Gasteiger partial charge in [-0.1, -0.05) is 6.07 Å². The van der Waals surface area contributed by atoms with Crippen molar-refractivity contribution in [1.82, 2.24) is 0 Å². The second kappa shape index (κ2) is 4.49. The lowest BCUT2D eigenvalue weighted by molar-refractivity contribution is 0.105. The van der Waals surface area contributed by atoms with Crippen LogP contribution < -0.4 is 0 Å².